The van der Waals surface area contributed by atoms with Gasteiger partial charge in [0.25, 0.3) is 0 Å². The smallest absolute Gasteiger partial charge is 0.225 e. The molecule has 0 amide bonds. The second-order valence-corrected chi connectivity index (χ2v) is 8.04. The summed E-state index contributed by atoms with van der Waals surface area (Å²) in [7, 11) is 4.21. The third kappa shape index (κ3) is 4.69. The van der Waals surface area contributed by atoms with Crippen LogP contribution in [0, 0.1) is 5.92 Å². The average molecular weight is 375 g/mol. The lowest BCUT2D eigenvalue weighted by Crippen LogP contribution is -2.40. The number of hydrogen-bond acceptors (Lipinski definition) is 8. The number of anilines is 1. The number of nitrogens with zero attached hydrogens (tertiary/aromatic N) is 4. The number of piperidine rings is 1. The summed E-state index contributed by atoms with van der Waals surface area (Å²) in [5.41, 5.74) is 0.764. The molecule has 0 bridgehead atoms. The van der Waals surface area contributed by atoms with Crippen molar-refractivity contribution in [2.24, 2.45) is 5.92 Å². The van der Waals surface area contributed by atoms with Crippen molar-refractivity contribution in [2.45, 2.75) is 18.9 Å². The Labute approximate surface area is 158 Å². The number of aldehydes is 1. The van der Waals surface area contributed by atoms with Gasteiger partial charge in [-0.1, -0.05) is 0 Å². The average Bonchev–Trinajstić information content (AvgIpc) is 3.09. The number of carbonyl (C=O) groups excluding carboxylic acids is 2. The minimum atomic E-state index is -0.546. The van der Waals surface area contributed by atoms with Gasteiger partial charge in [0, 0.05) is 36.6 Å². The molecule has 3 heterocycles. The van der Waals surface area contributed by atoms with Gasteiger partial charge in [0.1, 0.15) is 6.04 Å². The predicted octanol–water partition coefficient (Wildman–Crippen LogP) is 1.03. The molecule has 140 valence electrons. The summed E-state index contributed by atoms with van der Waals surface area (Å²) in [6, 6.07) is 1.29. The van der Waals surface area contributed by atoms with E-state index in [4.69, 9.17) is 0 Å². The highest BCUT2D eigenvalue weighted by Gasteiger charge is 2.28. The molecule has 0 radical (unpaired) electrons. The third-order valence-electron chi connectivity index (χ3n) is 4.59. The lowest BCUT2D eigenvalue weighted by Gasteiger charge is -2.34. The molecule has 2 fully saturated rings. The summed E-state index contributed by atoms with van der Waals surface area (Å²) in [6.45, 7) is 2.99. The van der Waals surface area contributed by atoms with Gasteiger partial charge >= 0.3 is 0 Å². The van der Waals surface area contributed by atoms with Gasteiger partial charge < -0.3 is 9.80 Å². The highest BCUT2D eigenvalue weighted by atomic mass is 32.2. The maximum Gasteiger partial charge on any atom is 0.225 e. The highest BCUT2D eigenvalue weighted by molar-refractivity contribution is 8.03. The second kappa shape index (κ2) is 8.75. The molecule has 1 N–H and O–H groups in total. The van der Waals surface area contributed by atoms with Crippen LogP contribution in [0.4, 0.5) is 5.95 Å². The first-order valence-electron chi connectivity index (χ1n) is 8.86. The fraction of sp³-hybridized carbons (Fsp3) is 0.556. The monoisotopic (exact) mass is 375 g/mol. The van der Waals surface area contributed by atoms with Crippen LogP contribution in [-0.4, -0.2) is 72.6 Å². The number of rotatable bonds is 6. The number of ketones is 1. The summed E-state index contributed by atoms with van der Waals surface area (Å²) in [6.07, 6.45) is 6.39. The maximum atomic E-state index is 11.7. The van der Waals surface area contributed by atoms with Gasteiger partial charge in [0.15, 0.2) is 6.29 Å². The lowest BCUT2D eigenvalue weighted by atomic mass is 9.98. The molecular weight excluding hydrogens is 350 g/mol. The maximum absolute atomic E-state index is 11.7. The molecule has 1 aromatic heterocycles. The van der Waals surface area contributed by atoms with Gasteiger partial charge in [0.2, 0.25) is 11.7 Å². The zero-order chi connectivity index (χ0) is 18.5. The van der Waals surface area contributed by atoms with Gasteiger partial charge in [-0.05, 0) is 45.0 Å². The summed E-state index contributed by atoms with van der Waals surface area (Å²) in [4.78, 5) is 36.9. The first-order valence-corrected chi connectivity index (χ1v) is 9.85. The van der Waals surface area contributed by atoms with E-state index in [1.54, 1.807) is 6.20 Å². The number of thioether (sulfide) groups is 1. The fourth-order valence-corrected chi connectivity index (χ4v) is 4.47. The van der Waals surface area contributed by atoms with Gasteiger partial charge in [-0.2, -0.15) is 0 Å². The van der Waals surface area contributed by atoms with Gasteiger partial charge in [-0.15, -0.1) is 11.8 Å². The van der Waals surface area contributed by atoms with Crippen LogP contribution in [0.5, 0.6) is 0 Å². The number of nitrogens with one attached hydrogen (secondary N) is 1. The van der Waals surface area contributed by atoms with Crippen LogP contribution in [-0.2, 0) is 9.59 Å². The third-order valence-corrected chi connectivity index (χ3v) is 5.59. The number of Topliss-reactive ketones (excluding diaryl/α,β-unsaturated/α-hetero) is 1. The molecule has 0 aromatic carbocycles. The number of hydrogen-bond donors (Lipinski definition) is 1. The van der Waals surface area contributed by atoms with E-state index in [0.29, 0.717) is 18.1 Å². The van der Waals surface area contributed by atoms with Crippen LogP contribution in [0.25, 0.3) is 6.08 Å². The van der Waals surface area contributed by atoms with Crippen molar-refractivity contribution in [3.05, 3.63) is 22.9 Å². The Kier molecular flexibility index (Phi) is 6.39. The zero-order valence-corrected chi connectivity index (χ0v) is 16.0. The molecule has 0 spiro atoms. The van der Waals surface area contributed by atoms with E-state index in [-0.39, 0.29) is 0 Å². The molecular formula is C18H25N5O2S. The van der Waals surface area contributed by atoms with Gasteiger partial charge in [0.05, 0.1) is 5.69 Å². The Hall–Kier alpha value is -1.77. The van der Waals surface area contributed by atoms with E-state index < -0.39 is 11.8 Å². The van der Waals surface area contributed by atoms with E-state index in [9.17, 15) is 9.59 Å². The van der Waals surface area contributed by atoms with Crippen LogP contribution in [0.2, 0.25) is 0 Å². The minimum Gasteiger partial charge on any atom is -0.340 e. The van der Waals surface area contributed by atoms with E-state index in [2.05, 4.69) is 39.2 Å². The van der Waals surface area contributed by atoms with E-state index in [1.165, 1.54) is 18.2 Å². The van der Waals surface area contributed by atoms with Crippen molar-refractivity contribution in [3.8, 4) is 0 Å². The van der Waals surface area contributed by atoms with Crippen molar-refractivity contribution in [1.29, 1.82) is 0 Å². The topological polar surface area (TPSA) is 78.4 Å². The normalized spacial score (nSPS) is 25.0. The highest BCUT2D eigenvalue weighted by Crippen LogP contribution is 2.28. The molecule has 7 nitrogen and oxygen atoms in total. The van der Waals surface area contributed by atoms with Crippen molar-refractivity contribution in [3.63, 3.8) is 0 Å². The molecule has 26 heavy (non-hydrogen) atoms. The molecule has 2 aliphatic heterocycles. The van der Waals surface area contributed by atoms with Crippen molar-refractivity contribution < 1.29 is 9.59 Å². The quantitative estimate of drug-likeness (QED) is 0.583. The Bertz CT molecular complexity index is 694. The predicted molar refractivity (Wildman–Crippen MR) is 104 cm³/mol. The fourth-order valence-electron chi connectivity index (χ4n) is 3.48. The first-order chi connectivity index (χ1) is 12.6. The molecule has 2 unspecified atom stereocenters. The number of carbonyl (C=O) groups is 2. The summed E-state index contributed by atoms with van der Waals surface area (Å²) in [5, 5.41) is 3.03. The number of aromatic nitrogens is 2. The molecule has 1 aromatic rings. The molecule has 3 rings (SSSR count). The van der Waals surface area contributed by atoms with E-state index in [0.717, 1.165) is 42.6 Å². The Morgan fingerprint density at radius 3 is 3.12 bits per heavy atom. The molecule has 8 heteroatoms. The SMILES string of the molecule is CN(C)CC1CCCN(c2nccc(/C=C3\SCNC3C(=O)C=O)n2)C1. The second-order valence-electron chi connectivity index (χ2n) is 6.99. The first kappa shape index (κ1) is 19.0. The summed E-state index contributed by atoms with van der Waals surface area (Å²) in [5.74, 6) is 1.52. The van der Waals surface area contributed by atoms with E-state index in [1.807, 2.05) is 12.1 Å². The molecule has 2 atom stereocenters. The van der Waals surface area contributed by atoms with Crippen LogP contribution in [0.3, 0.4) is 0 Å². The van der Waals surface area contributed by atoms with Crippen LogP contribution < -0.4 is 10.2 Å². The zero-order valence-electron chi connectivity index (χ0n) is 15.2. The molecule has 2 saturated heterocycles. The standard InChI is InChI=1S/C18H25N5O2S/c1-22(2)9-13-4-3-7-23(10-13)18-19-6-5-14(21-18)8-16-17(15(25)11-24)20-12-26-16/h5-6,8,11,13,17,20H,3-4,7,9-10,12H2,1-2H3/b16-8-. The molecule has 0 saturated carbocycles. The van der Waals surface area contributed by atoms with Gasteiger partial charge in [-0.3, -0.25) is 14.9 Å². The lowest BCUT2D eigenvalue weighted by molar-refractivity contribution is -0.130. The van der Waals surface area contributed by atoms with Crippen molar-refractivity contribution in [1.82, 2.24) is 20.2 Å². The van der Waals surface area contributed by atoms with Crippen LogP contribution in [0.1, 0.15) is 18.5 Å². The summed E-state index contributed by atoms with van der Waals surface area (Å²) >= 11 is 1.53. The van der Waals surface area contributed by atoms with Crippen molar-refractivity contribution in [2.75, 3.05) is 44.5 Å². The Morgan fingerprint density at radius 2 is 2.35 bits per heavy atom. The summed E-state index contributed by atoms with van der Waals surface area (Å²) < 4.78 is 0. The van der Waals surface area contributed by atoms with Crippen molar-refractivity contribution >= 4 is 35.9 Å². The Morgan fingerprint density at radius 1 is 1.50 bits per heavy atom. The Balaban J connectivity index is 1.75. The van der Waals surface area contributed by atoms with Crippen LogP contribution >= 0.6 is 11.8 Å². The van der Waals surface area contributed by atoms with Gasteiger partial charge in [-0.25, -0.2) is 9.97 Å². The molecule has 0 aliphatic carbocycles. The largest absolute Gasteiger partial charge is 0.340 e. The molecule has 2 aliphatic rings. The van der Waals surface area contributed by atoms with E-state index >= 15 is 0 Å². The minimum absolute atomic E-state index is 0.376. The van der Waals surface area contributed by atoms with Crippen LogP contribution in [0.15, 0.2) is 17.2 Å².